The molecule has 9 heteroatoms. The third-order valence-electron chi connectivity index (χ3n) is 5.09. The quantitative estimate of drug-likeness (QED) is 0.248. The molecule has 34 heavy (non-hydrogen) atoms. The van der Waals surface area contributed by atoms with Crippen molar-refractivity contribution in [2.24, 2.45) is 0 Å². The summed E-state index contributed by atoms with van der Waals surface area (Å²) in [5, 5.41) is 0.555. The fourth-order valence-electron chi connectivity index (χ4n) is 3.34. The van der Waals surface area contributed by atoms with Gasteiger partial charge in [0, 0.05) is 16.6 Å². The van der Waals surface area contributed by atoms with Crippen LogP contribution < -0.4 is 14.2 Å². The summed E-state index contributed by atoms with van der Waals surface area (Å²) in [5.74, 6) is 0.737. The van der Waals surface area contributed by atoms with E-state index in [-0.39, 0.29) is 12.4 Å². The normalized spacial score (nSPS) is 11.4. The Hall–Kier alpha value is -3.49. The molecule has 0 unspecified atom stereocenters. The summed E-state index contributed by atoms with van der Waals surface area (Å²) in [6.45, 7) is 7.85. The van der Waals surface area contributed by atoms with Gasteiger partial charge in [-0.3, -0.25) is 4.98 Å². The van der Waals surface area contributed by atoms with E-state index in [2.05, 4.69) is 9.72 Å². The Kier molecular flexibility index (Phi) is 7.86. The smallest absolute Gasteiger partial charge is 0.457 e. The summed E-state index contributed by atoms with van der Waals surface area (Å²) >= 11 is 0. The van der Waals surface area contributed by atoms with Crippen LogP contribution in [0.1, 0.15) is 43.5 Å². The number of hydrogen-bond acceptors (Lipinski definition) is 6. The molecule has 0 spiro atoms. The molecule has 1 aromatic heterocycles. The molecule has 0 N–H and O–H groups in total. The van der Waals surface area contributed by atoms with Gasteiger partial charge in [0.15, 0.2) is 0 Å². The Morgan fingerprint density at radius 3 is 2.32 bits per heavy atom. The van der Waals surface area contributed by atoms with Gasteiger partial charge < -0.3 is 18.9 Å². The van der Waals surface area contributed by atoms with Crippen molar-refractivity contribution in [1.82, 2.24) is 4.98 Å². The molecule has 0 fully saturated rings. The fourth-order valence-corrected chi connectivity index (χ4v) is 3.34. The van der Waals surface area contributed by atoms with Crippen LogP contribution in [0.4, 0.5) is 18.0 Å². The number of unbranched alkanes of at least 4 members (excludes halogenated alkanes) is 1. The van der Waals surface area contributed by atoms with Crippen LogP contribution in [0.3, 0.4) is 0 Å². The summed E-state index contributed by atoms with van der Waals surface area (Å²) < 4.78 is 57.7. The number of benzene rings is 2. The average molecular weight is 477 g/mol. The molecule has 0 bridgehead atoms. The van der Waals surface area contributed by atoms with Gasteiger partial charge in [0.1, 0.15) is 23.0 Å². The van der Waals surface area contributed by atoms with Gasteiger partial charge in [0.05, 0.1) is 12.1 Å². The van der Waals surface area contributed by atoms with Crippen LogP contribution in [0.25, 0.3) is 10.9 Å². The van der Waals surface area contributed by atoms with E-state index in [1.807, 2.05) is 27.7 Å². The van der Waals surface area contributed by atoms with Crippen molar-refractivity contribution in [2.45, 2.75) is 53.3 Å². The minimum absolute atomic E-state index is 0.263. The Labute approximate surface area is 195 Å². The van der Waals surface area contributed by atoms with Crippen molar-refractivity contribution < 1.29 is 36.9 Å². The number of pyridine rings is 1. The lowest BCUT2D eigenvalue weighted by Crippen LogP contribution is -2.16. The van der Waals surface area contributed by atoms with Gasteiger partial charge >= 0.3 is 12.5 Å². The monoisotopic (exact) mass is 477 g/mol. The molecule has 0 aliphatic rings. The first kappa shape index (κ1) is 25.1. The van der Waals surface area contributed by atoms with Gasteiger partial charge in [-0.1, -0.05) is 20.3 Å². The molecule has 0 saturated heterocycles. The second kappa shape index (κ2) is 10.6. The molecule has 0 saturated carbocycles. The largest absolute Gasteiger partial charge is 0.573 e. The van der Waals surface area contributed by atoms with Crippen LogP contribution in [0.5, 0.6) is 23.0 Å². The molecule has 3 aromatic rings. The van der Waals surface area contributed by atoms with Gasteiger partial charge in [-0.25, -0.2) is 4.79 Å². The zero-order chi connectivity index (χ0) is 24.9. The van der Waals surface area contributed by atoms with Gasteiger partial charge in [0.2, 0.25) is 0 Å². The minimum Gasteiger partial charge on any atom is -0.457 e. The molecule has 0 aliphatic heterocycles. The van der Waals surface area contributed by atoms with E-state index in [9.17, 15) is 18.0 Å². The number of rotatable bonds is 8. The highest BCUT2D eigenvalue weighted by molar-refractivity contribution is 5.90. The van der Waals surface area contributed by atoms with E-state index in [0.717, 1.165) is 24.1 Å². The van der Waals surface area contributed by atoms with Crippen molar-refractivity contribution in [3.05, 3.63) is 53.2 Å². The average Bonchev–Trinajstić information content (AvgIpc) is 2.77. The SMILES string of the molecule is CCCCOC(=O)Oc1c(C)c(CC)nc2cc(C)c(Oc3ccc(OC(F)(F)F)cc3)cc12. The summed E-state index contributed by atoms with van der Waals surface area (Å²) in [5.41, 5.74) is 2.87. The number of carbonyl (C=O) groups is 1. The van der Waals surface area contributed by atoms with E-state index < -0.39 is 12.5 Å². The Balaban J connectivity index is 1.94. The predicted molar refractivity (Wildman–Crippen MR) is 121 cm³/mol. The van der Waals surface area contributed by atoms with Gasteiger partial charge in [0.25, 0.3) is 0 Å². The molecule has 6 nitrogen and oxygen atoms in total. The van der Waals surface area contributed by atoms with Crippen LogP contribution in [0.15, 0.2) is 36.4 Å². The molecule has 0 atom stereocenters. The first-order chi connectivity index (χ1) is 16.1. The molecule has 0 amide bonds. The maximum atomic E-state index is 12.4. The van der Waals surface area contributed by atoms with Crippen LogP contribution >= 0.6 is 0 Å². The van der Waals surface area contributed by atoms with E-state index in [1.165, 1.54) is 24.3 Å². The Morgan fingerprint density at radius 1 is 1.03 bits per heavy atom. The maximum absolute atomic E-state index is 12.4. The van der Waals surface area contributed by atoms with E-state index in [4.69, 9.17) is 14.2 Å². The van der Waals surface area contributed by atoms with E-state index >= 15 is 0 Å². The molecule has 0 radical (unpaired) electrons. The van der Waals surface area contributed by atoms with Gasteiger partial charge in [-0.05, 0) is 68.7 Å². The highest BCUT2D eigenvalue weighted by Gasteiger charge is 2.31. The van der Waals surface area contributed by atoms with Crippen LogP contribution in [-0.2, 0) is 11.2 Å². The minimum atomic E-state index is -4.77. The first-order valence-electron chi connectivity index (χ1n) is 10.9. The third kappa shape index (κ3) is 6.30. The molecule has 2 aromatic carbocycles. The standard InChI is InChI=1S/C25H26F3NO5/c1-5-7-12-31-24(30)33-23-16(4)20(6-2)29-21-13-15(3)22(14-19(21)23)32-17-8-10-18(11-9-17)34-25(26,27)28/h8-11,13-14H,5-7,12H2,1-4H3. The molecular weight excluding hydrogens is 451 g/mol. The Morgan fingerprint density at radius 2 is 1.71 bits per heavy atom. The number of nitrogens with zero attached hydrogens (tertiary/aromatic N) is 1. The highest BCUT2D eigenvalue weighted by Crippen LogP contribution is 2.37. The zero-order valence-corrected chi connectivity index (χ0v) is 19.4. The lowest BCUT2D eigenvalue weighted by atomic mass is 10.0. The van der Waals surface area contributed by atoms with Crippen molar-refractivity contribution in [1.29, 1.82) is 0 Å². The van der Waals surface area contributed by atoms with Crippen LogP contribution in [-0.4, -0.2) is 24.1 Å². The van der Waals surface area contributed by atoms with Gasteiger partial charge in [-0.15, -0.1) is 13.2 Å². The number of aromatic nitrogens is 1. The van der Waals surface area contributed by atoms with Crippen LogP contribution in [0, 0.1) is 13.8 Å². The maximum Gasteiger partial charge on any atom is 0.573 e. The third-order valence-corrected chi connectivity index (χ3v) is 5.09. The number of carbonyl (C=O) groups excluding carboxylic acids is 1. The first-order valence-corrected chi connectivity index (χ1v) is 10.9. The van der Waals surface area contributed by atoms with Crippen LogP contribution in [0.2, 0.25) is 0 Å². The molecule has 1 heterocycles. The van der Waals surface area contributed by atoms with Crippen molar-refractivity contribution in [3.8, 4) is 23.0 Å². The second-order valence-electron chi connectivity index (χ2n) is 7.68. The van der Waals surface area contributed by atoms with Gasteiger partial charge in [-0.2, -0.15) is 0 Å². The summed E-state index contributed by atoms with van der Waals surface area (Å²) in [4.78, 5) is 16.9. The fraction of sp³-hybridized carbons (Fsp3) is 0.360. The van der Waals surface area contributed by atoms with E-state index in [1.54, 1.807) is 12.1 Å². The molecule has 0 aliphatic carbocycles. The topological polar surface area (TPSA) is 66.9 Å². The number of halogens is 3. The highest BCUT2D eigenvalue weighted by atomic mass is 19.4. The summed E-state index contributed by atoms with van der Waals surface area (Å²) in [6, 6.07) is 8.57. The lowest BCUT2D eigenvalue weighted by molar-refractivity contribution is -0.274. The van der Waals surface area contributed by atoms with Crippen molar-refractivity contribution in [3.63, 3.8) is 0 Å². The lowest BCUT2D eigenvalue weighted by Gasteiger charge is -2.16. The number of aryl methyl sites for hydroxylation is 2. The molecule has 182 valence electrons. The summed E-state index contributed by atoms with van der Waals surface area (Å²) in [6.07, 6.45) is -3.31. The zero-order valence-electron chi connectivity index (χ0n) is 19.4. The number of fused-ring (bicyclic) bond motifs is 1. The number of hydrogen-bond donors (Lipinski definition) is 0. The van der Waals surface area contributed by atoms with Crippen molar-refractivity contribution >= 4 is 17.1 Å². The van der Waals surface area contributed by atoms with E-state index in [0.29, 0.717) is 40.1 Å². The second-order valence-corrected chi connectivity index (χ2v) is 7.68. The Bertz CT molecular complexity index is 1160. The van der Waals surface area contributed by atoms with Crippen molar-refractivity contribution in [2.75, 3.05) is 6.61 Å². The summed E-state index contributed by atoms with van der Waals surface area (Å²) in [7, 11) is 0. The number of alkyl halides is 3. The number of ether oxygens (including phenoxy) is 4. The molecule has 3 rings (SSSR count). The molecular formula is C25H26F3NO5. The predicted octanol–water partition coefficient (Wildman–Crippen LogP) is 7.42.